The molecule has 29 heavy (non-hydrogen) atoms. The third-order valence-electron chi connectivity index (χ3n) is 4.23. The van der Waals surface area contributed by atoms with Crippen LogP contribution in [0.4, 0.5) is 10.1 Å². The van der Waals surface area contributed by atoms with Crippen molar-refractivity contribution >= 4 is 33.3 Å². The molecule has 0 saturated heterocycles. The first-order chi connectivity index (χ1) is 14.0. The first-order valence-corrected chi connectivity index (χ1v) is 9.37. The Kier molecular flexibility index (Phi) is 5.05. The van der Waals surface area contributed by atoms with E-state index in [9.17, 15) is 14.0 Å². The number of amides is 1. The first kappa shape index (κ1) is 18.8. The van der Waals surface area contributed by atoms with Crippen molar-refractivity contribution in [3.05, 3.63) is 71.0 Å². The van der Waals surface area contributed by atoms with E-state index in [0.717, 1.165) is 11.5 Å². The lowest BCUT2D eigenvalue weighted by Gasteiger charge is -2.08. The van der Waals surface area contributed by atoms with Gasteiger partial charge in [0.25, 0.3) is 5.56 Å². The van der Waals surface area contributed by atoms with Gasteiger partial charge in [-0.15, -0.1) is 0 Å². The molecular formula is C20H15FN4O3S. The zero-order valence-corrected chi connectivity index (χ0v) is 16.1. The van der Waals surface area contributed by atoms with Gasteiger partial charge in [-0.05, 0) is 47.9 Å². The maximum atomic E-state index is 13.1. The van der Waals surface area contributed by atoms with Crippen molar-refractivity contribution in [1.82, 2.24) is 13.9 Å². The van der Waals surface area contributed by atoms with E-state index in [0.29, 0.717) is 32.9 Å². The van der Waals surface area contributed by atoms with Crippen LogP contribution in [0.1, 0.15) is 0 Å². The van der Waals surface area contributed by atoms with Gasteiger partial charge in [0.15, 0.2) is 0 Å². The van der Waals surface area contributed by atoms with Gasteiger partial charge in [0.05, 0.1) is 13.4 Å². The molecule has 0 aliphatic carbocycles. The lowest BCUT2D eigenvalue weighted by atomic mass is 10.1. The number of anilines is 1. The second-order valence-electron chi connectivity index (χ2n) is 6.17. The Morgan fingerprint density at radius 1 is 1.24 bits per heavy atom. The predicted molar refractivity (Wildman–Crippen MR) is 109 cm³/mol. The molecule has 4 aromatic rings. The third kappa shape index (κ3) is 3.85. The fourth-order valence-electron chi connectivity index (χ4n) is 2.82. The van der Waals surface area contributed by atoms with Crippen LogP contribution in [0.3, 0.4) is 0 Å². The number of benzene rings is 2. The maximum Gasteiger partial charge on any atom is 0.273 e. The average molecular weight is 410 g/mol. The summed E-state index contributed by atoms with van der Waals surface area (Å²) in [4.78, 5) is 29.4. The van der Waals surface area contributed by atoms with Crippen molar-refractivity contribution in [2.24, 2.45) is 0 Å². The average Bonchev–Trinajstić information content (AvgIpc) is 3.15. The van der Waals surface area contributed by atoms with Crippen molar-refractivity contribution in [2.75, 3.05) is 12.4 Å². The van der Waals surface area contributed by atoms with Crippen LogP contribution in [0.5, 0.6) is 5.75 Å². The highest BCUT2D eigenvalue weighted by atomic mass is 32.1. The second-order valence-corrected chi connectivity index (χ2v) is 6.95. The Morgan fingerprint density at radius 3 is 2.79 bits per heavy atom. The fraction of sp³-hybridized carbons (Fsp3) is 0.100. The number of carbonyl (C=O) groups is 1. The van der Waals surface area contributed by atoms with Crippen LogP contribution in [0.2, 0.25) is 0 Å². The molecule has 0 atom stereocenters. The quantitative estimate of drug-likeness (QED) is 0.546. The minimum atomic E-state index is -0.371. The summed E-state index contributed by atoms with van der Waals surface area (Å²) in [6, 6.07) is 12.7. The van der Waals surface area contributed by atoms with E-state index in [1.54, 1.807) is 36.4 Å². The Morgan fingerprint density at radius 2 is 2.03 bits per heavy atom. The lowest BCUT2D eigenvalue weighted by Crippen LogP contribution is -2.27. The summed E-state index contributed by atoms with van der Waals surface area (Å²) in [5, 5.41) is 2.72. The summed E-state index contributed by atoms with van der Waals surface area (Å²) in [5.74, 6) is -0.114. The van der Waals surface area contributed by atoms with E-state index in [1.807, 2.05) is 0 Å². The number of fused-ring (bicyclic) bond motifs is 1. The minimum Gasteiger partial charge on any atom is -0.497 e. The summed E-state index contributed by atoms with van der Waals surface area (Å²) in [6.45, 7) is -0.192. The summed E-state index contributed by atoms with van der Waals surface area (Å²) in [5.41, 5.74) is 1.80. The van der Waals surface area contributed by atoms with Gasteiger partial charge >= 0.3 is 0 Å². The van der Waals surface area contributed by atoms with E-state index in [-0.39, 0.29) is 23.8 Å². The van der Waals surface area contributed by atoms with Crippen LogP contribution in [0, 0.1) is 5.82 Å². The van der Waals surface area contributed by atoms with E-state index < -0.39 is 0 Å². The van der Waals surface area contributed by atoms with E-state index in [2.05, 4.69) is 14.7 Å². The topological polar surface area (TPSA) is 86.1 Å². The van der Waals surface area contributed by atoms with Crippen LogP contribution < -0.4 is 15.6 Å². The number of methoxy groups -OCH3 is 1. The molecule has 0 aliphatic rings. The number of hydrogen-bond acceptors (Lipinski definition) is 6. The number of nitrogens with one attached hydrogen (secondary N) is 1. The van der Waals surface area contributed by atoms with Crippen molar-refractivity contribution in [3.63, 3.8) is 0 Å². The zero-order valence-electron chi connectivity index (χ0n) is 15.3. The van der Waals surface area contributed by atoms with Gasteiger partial charge in [0, 0.05) is 17.3 Å². The molecule has 2 aromatic heterocycles. The molecule has 0 spiro atoms. The lowest BCUT2D eigenvalue weighted by molar-refractivity contribution is -0.116. The summed E-state index contributed by atoms with van der Waals surface area (Å²) < 4.78 is 24.1. The van der Waals surface area contributed by atoms with Gasteiger partial charge in [-0.25, -0.2) is 9.37 Å². The molecule has 2 heterocycles. The van der Waals surface area contributed by atoms with Gasteiger partial charge in [-0.1, -0.05) is 6.07 Å². The van der Waals surface area contributed by atoms with Gasteiger partial charge in [-0.3, -0.25) is 14.2 Å². The number of rotatable bonds is 5. The van der Waals surface area contributed by atoms with Crippen molar-refractivity contribution < 1.29 is 13.9 Å². The molecular weight excluding hydrogens is 395 g/mol. The standard InChI is InChI=1S/C20H15FN4O3S/c1-28-15-4-2-3-14(9-15)23-16(26)10-25-11-22-18-17(24-29-19(18)20(25)27)12-5-7-13(21)8-6-12/h2-9,11H,10H2,1H3,(H,23,26). The molecule has 0 radical (unpaired) electrons. The molecule has 0 bridgehead atoms. The number of nitrogens with zero attached hydrogens (tertiary/aromatic N) is 3. The van der Waals surface area contributed by atoms with Crippen LogP contribution in [-0.2, 0) is 11.3 Å². The molecule has 0 saturated carbocycles. The summed E-state index contributed by atoms with van der Waals surface area (Å²) in [6.07, 6.45) is 1.32. The van der Waals surface area contributed by atoms with Crippen molar-refractivity contribution in [3.8, 4) is 17.0 Å². The number of hydrogen-bond donors (Lipinski definition) is 1. The van der Waals surface area contributed by atoms with E-state index in [4.69, 9.17) is 4.74 Å². The minimum absolute atomic E-state index is 0.192. The Hall–Kier alpha value is -3.59. The Bertz CT molecular complexity index is 1250. The van der Waals surface area contributed by atoms with Gasteiger partial charge < -0.3 is 10.1 Å². The number of aromatic nitrogens is 3. The molecule has 1 amide bonds. The molecule has 0 aliphatic heterocycles. The van der Waals surface area contributed by atoms with Gasteiger partial charge in [-0.2, -0.15) is 4.37 Å². The first-order valence-electron chi connectivity index (χ1n) is 8.60. The Labute approximate surface area is 168 Å². The molecule has 0 unspecified atom stereocenters. The second kappa shape index (κ2) is 7.80. The van der Waals surface area contributed by atoms with E-state index >= 15 is 0 Å². The van der Waals surface area contributed by atoms with Gasteiger partial charge in [0.2, 0.25) is 5.91 Å². The largest absolute Gasteiger partial charge is 0.497 e. The smallest absolute Gasteiger partial charge is 0.273 e. The summed E-state index contributed by atoms with van der Waals surface area (Å²) in [7, 11) is 1.54. The highest BCUT2D eigenvalue weighted by Gasteiger charge is 2.15. The predicted octanol–water partition coefficient (Wildman–Crippen LogP) is 3.31. The SMILES string of the molecule is COc1cccc(NC(=O)Cn2cnc3c(-c4ccc(F)cc4)nsc3c2=O)c1. The molecule has 2 aromatic carbocycles. The number of ether oxygens (including phenoxy) is 1. The summed E-state index contributed by atoms with van der Waals surface area (Å²) >= 11 is 1.00. The normalized spacial score (nSPS) is 10.8. The Balaban J connectivity index is 1.58. The molecule has 7 nitrogen and oxygen atoms in total. The van der Waals surface area contributed by atoms with Crippen LogP contribution >= 0.6 is 11.5 Å². The fourth-order valence-corrected chi connectivity index (χ4v) is 3.63. The number of carbonyl (C=O) groups excluding carboxylic acids is 1. The van der Waals surface area contributed by atoms with Crippen LogP contribution in [0.25, 0.3) is 21.5 Å². The molecule has 0 fully saturated rings. The van der Waals surface area contributed by atoms with Gasteiger partial charge in [0.1, 0.15) is 34.0 Å². The van der Waals surface area contributed by atoms with E-state index in [1.165, 1.54) is 30.1 Å². The zero-order chi connectivity index (χ0) is 20.4. The maximum absolute atomic E-state index is 13.1. The van der Waals surface area contributed by atoms with Crippen LogP contribution in [0.15, 0.2) is 59.7 Å². The van der Waals surface area contributed by atoms with Crippen molar-refractivity contribution in [1.29, 1.82) is 0 Å². The monoisotopic (exact) mass is 410 g/mol. The third-order valence-corrected chi connectivity index (χ3v) is 5.06. The van der Waals surface area contributed by atoms with Crippen molar-refractivity contribution in [2.45, 2.75) is 6.54 Å². The molecule has 1 N–H and O–H groups in total. The molecule has 146 valence electrons. The highest BCUT2D eigenvalue weighted by molar-refractivity contribution is 7.13. The number of halogens is 1. The molecule has 4 rings (SSSR count). The highest BCUT2D eigenvalue weighted by Crippen LogP contribution is 2.27. The van der Waals surface area contributed by atoms with Crippen LogP contribution in [-0.4, -0.2) is 26.9 Å². The molecule has 9 heteroatoms.